The SMILES string of the molecule is CCN(C1CCC(CCN2CCC(Cc3cc(OC(C)C)ccc3Br)CC2)CC1)S(=O)(=O)N(C)C. The molecule has 0 bridgehead atoms. The van der Waals surface area contributed by atoms with Crippen molar-refractivity contribution in [3.8, 4) is 5.75 Å². The molecule has 2 fully saturated rings. The molecule has 1 saturated heterocycles. The molecule has 1 aliphatic heterocycles. The lowest BCUT2D eigenvalue weighted by Gasteiger charge is -2.38. The summed E-state index contributed by atoms with van der Waals surface area (Å²) in [5, 5.41) is 0. The Morgan fingerprint density at radius 2 is 1.71 bits per heavy atom. The van der Waals surface area contributed by atoms with Crippen molar-refractivity contribution in [1.29, 1.82) is 0 Å². The molecule has 1 aromatic carbocycles. The lowest BCUT2D eigenvalue weighted by atomic mass is 9.83. The molecule has 8 heteroatoms. The van der Waals surface area contributed by atoms with Gasteiger partial charge in [0.2, 0.25) is 0 Å². The van der Waals surface area contributed by atoms with Crippen LogP contribution in [0.1, 0.15) is 71.3 Å². The van der Waals surface area contributed by atoms with Crippen molar-refractivity contribution in [3.63, 3.8) is 0 Å². The van der Waals surface area contributed by atoms with Crippen LogP contribution in [0.15, 0.2) is 22.7 Å². The Kier molecular flexibility index (Phi) is 10.9. The molecule has 2 aliphatic rings. The summed E-state index contributed by atoms with van der Waals surface area (Å²) in [5.41, 5.74) is 1.36. The highest BCUT2D eigenvalue weighted by atomic mass is 79.9. The molecular formula is C27H46BrN3O3S. The second kappa shape index (κ2) is 13.2. The van der Waals surface area contributed by atoms with Crippen LogP contribution in [0.2, 0.25) is 0 Å². The Morgan fingerprint density at radius 1 is 1.06 bits per heavy atom. The van der Waals surface area contributed by atoms with Crippen LogP contribution in [0.5, 0.6) is 5.75 Å². The molecule has 0 aromatic heterocycles. The van der Waals surface area contributed by atoms with Crippen LogP contribution in [-0.2, 0) is 16.6 Å². The lowest BCUT2D eigenvalue weighted by Crippen LogP contribution is -2.47. The molecule has 0 radical (unpaired) electrons. The van der Waals surface area contributed by atoms with Gasteiger partial charge in [0, 0.05) is 31.2 Å². The average Bonchev–Trinajstić information content (AvgIpc) is 2.81. The molecule has 0 N–H and O–H groups in total. The minimum Gasteiger partial charge on any atom is -0.491 e. The quantitative estimate of drug-likeness (QED) is 0.348. The Labute approximate surface area is 222 Å². The van der Waals surface area contributed by atoms with Gasteiger partial charge in [0.25, 0.3) is 10.2 Å². The summed E-state index contributed by atoms with van der Waals surface area (Å²) >= 11 is 3.73. The van der Waals surface area contributed by atoms with Crippen LogP contribution < -0.4 is 4.74 Å². The van der Waals surface area contributed by atoms with E-state index in [9.17, 15) is 8.42 Å². The normalized spacial score (nSPS) is 22.9. The van der Waals surface area contributed by atoms with E-state index in [1.165, 1.54) is 53.2 Å². The van der Waals surface area contributed by atoms with E-state index in [1.54, 1.807) is 18.4 Å². The largest absolute Gasteiger partial charge is 0.491 e. The van der Waals surface area contributed by atoms with E-state index in [2.05, 4.69) is 46.8 Å². The minimum atomic E-state index is -3.33. The molecule has 1 aliphatic carbocycles. The van der Waals surface area contributed by atoms with Crippen molar-refractivity contribution in [3.05, 3.63) is 28.2 Å². The average molecular weight is 573 g/mol. The fourth-order valence-electron chi connectivity index (χ4n) is 5.68. The predicted octanol–water partition coefficient (Wildman–Crippen LogP) is 5.57. The molecule has 1 heterocycles. The van der Waals surface area contributed by atoms with Gasteiger partial charge >= 0.3 is 0 Å². The van der Waals surface area contributed by atoms with Gasteiger partial charge < -0.3 is 9.64 Å². The lowest BCUT2D eigenvalue weighted by molar-refractivity contribution is 0.155. The van der Waals surface area contributed by atoms with Crippen LogP contribution in [-0.4, -0.2) is 74.3 Å². The Morgan fingerprint density at radius 3 is 2.29 bits per heavy atom. The summed E-state index contributed by atoms with van der Waals surface area (Å²) in [4.78, 5) is 2.64. The van der Waals surface area contributed by atoms with Gasteiger partial charge in [-0.1, -0.05) is 22.9 Å². The van der Waals surface area contributed by atoms with E-state index in [0.29, 0.717) is 6.54 Å². The van der Waals surface area contributed by atoms with E-state index >= 15 is 0 Å². The fraction of sp³-hybridized carbons (Fsp3) is 0.778. The number of benzene rings is 1. The second-order valence-electron chi connectivity index (χ2n) is 10.9. The maximum absolute atomic E-state index is 12.6. The van der Waals surface area contributed by atoms with Crippen molar-refractivity contribution >= 4 is 26.1 Å². The highest BCUT2D eigenvalue weighted by Gasteiger charge is 2.33. The van der Waals surface area contributed by atoms with Crippen LogP contribution in [0.4, 0.5) is 0 Å². The van der Waals surface area contributed by atoms with Crippen LogP contribution in [0, 0.1) is 11.8 Å². The summed E-state index contributed by atoms with van der Waals surface area (Å²) in [6.45, 7) is 10.2. The zero-order chi connectivity index (χ0) is 25.6. The van der Waals surface area contributed by atoms with Crippen molar-refractivity contribution in [1.82, 2.24) is 13.5 Å². The molecular weight excluding hydrogens is 526 g/mol. The number of nitrogens with zero attached hydrogens (tertiary/aromatic N) is 3. The van der Waals surface area contributed by atoms with E-state index in [1.807, 2.05) is 13.0 Å². The molecule has 6 nitrogen and oxygen atoms in total. The van der Waals surface area contributed by atoms with Crippen molar-refractivity contribution in [2.45, 2.75) is 84.3 Å². The zero-order valence-corrected chi connectivity index (χ0v) is 24.8. The summed E-state index contributed by atoms with van der Waals surface area (Å²) < 4.78 is 35.4. The Balaban J connectivity index is 1.39. The second-order valence-corrected chi connectivity index (χ2v) is 13.8. The molecule has 0 amide bonds. The number of hydrogen-bond donors (Lipinski definition) is 0. The first kappa shape index (κ1) is 28.9. The van der Waals surface area contributed by atoms with Crippen molar-refractivity contribution in [2.24, 2.45) is 11.8 Å². The summed E-state index contributed by atoms with van der Waals surface area (Å²) in [7, 11) is -0.0677. The molecule has 200 valence electrons. The fourth-order valence-corrected chi connectivity index (χ4v) is 7.43. The van der Waals surface area contributed by atoms with Gasteiger partial charge in [-0.2, -0.15) is 17.0 Å². The smallest absolute Gasteiger partial charge is 0.281 e. The number of rotatable bonds is 11. The van der Waals surface area contributed by atoms with Crippen LogP contribution in [0.3, 0.4) is 0 Å². The minimum absolute atomic E-state index is 0.156. The molecule has 1 aromatic rings. The van der Waals surface area contributed by atoms with Crippen LogP contribution >= 0.6 is 15.9 Å². The Hall–Kier alpha value is -0.670. The monoisotopic (exact) mass is 571 g/mol. The van der Waals surface area contributed by atoms with E-state index in [0.717, 1.165) is 49.7 Å². The third-order valence-corrected chi connectivity index (χ3v) is 10.6. The molecule has 0 atom stereocenters. The summed E-state index contributed by atoms with van der Waals surface area (Å²) in [5.74, 6) is 2.42. The standard InChI is InChI=1S/C27H46BrN3O3S/c1-6-31(35(32,33)29(4)5)25-9-7-22(8-10-25)13-16-30-17-14-23(15-18-30)19-24-20-26(34-21(2)3)11-12-27(24)28/h11-12,20-23,25H,6-10,13-19H2,1-5H3. The van der Waals surface area contributed by atoms with Gasteiger partial charge in [0.15, 0.2) is 0 Å². The van der Waals surface area contributed by atoms with E-state index in [4.69, 9.17) is 4.74 Å². The predicted molar refractivity (Wildman–Crippen MR) is 148 cm³/mol. The van der Waals surface area contributed by atoms with Gasteiger partial charge in [0.1, 0.15) is 5.75 Å². The highest BCUT2D eigenvalue weighted by Crippen LogP contribution is 2.33. The number of likely N-dealkylation sites (tertiary alicyclic amines) is 1. The molecule has 3 rings (SSSR count). The maximum Gasteiger partial charge on any atom is 0.281 e. The third kappa shape index (κ3) is 8.16. The Bertz CT molecular complexity index is 893. The third-order valence-electron chi connectivity index (χ3n) is 7.75. The zero-order valence-electron chi connectivity index (χ0n) is 22.4. The van der Waals surface area contributed by atoms with E-state index < -0.39 is 10.2 Å². The van der Waals surface area contributed by atoms with Gasteiger partial charge in [0.05, 0.1) is 6.10 Å². The van der Waals surface area contributed by atoms with Gasteiger partial charge in [-0.15, -0.1) is 0 Å². The first-order valence-corrected chi connectivity index (χ1v) is 15.7. The number of ether oxygens (including phenoxy) is 1. The van der Waals surface area contributed by atoms with Gasteiger partial charge in [-0.3, -0.25) is 0 Å². The molecule has 35 heavy (non-hydrogen) atoms. The number of halogens is 1. The first-order chi connectivity index (χ1) is 16.6. The maximum atomic E-state index is 12.6. The summed E-state index contributed by atoms with van der Waals surface area (Å²) in [6, 6.07) is 6.52. The van der Waals surface area contributed by atoms with Crippen molar-refractivity contribution < 1.29 is 13.2 Å². The first-order valence-electron chi connectivity index (χ1n) is 13.5. The van der Waals surface area contributed by atoms with Crippen LogP contribution in [0.25, 0.3) is 0 Å². The molecule has 0 unspecified atom stereocenters. The molecule has 0 spiro atoms. The molecule has 1 saturated carbocycles. The summed E-state index contributed by atoms with van der Waals surface area (Å²) in [6.07, 6.45) is 9.31. The topological polar surface area (TPSA) is 53.1 Å². The van der Waals surface area contributed by atoms with E-state index in [-0.39, 0.29) is 12.1 Å². The van der Waals surface area contributed by atoms with Crippen molar-refractivity contribution in [2.75, 3.05) is 40.3 Å². The number of piperidine rings is 1. The number of hydrogen-bond acceptors (Lipinski definition) is 4. The van der Waals surface area contributed by atoms with Gasteiger partial charge in [-0.25, -0.2) is 0 Å². The highest BCUT2D eigenvalue weighted by molar-refractivity contribution is 9.10. The van der Waals surface area contributed by atoms with Gasteiger partial charge in [-0.05, 0) is 120 Å².